The predicted octanol–water partition coefficient (Wildman–Crippen LogP) is 4.99. The SMILES string of the molecule is C=C(C)C(=N\C=C/CNCCCC)/C(/C=C\C)=C/C=C\C. The van der Waals surface area contributed by atoms with E-state index in [0.717, 1.165) is 29.9 Å². The van der Waals surface area contributed by atoms with E-state index in [9.17, 15) is 0 Å². The molecule has 1 N–H and O–H groups in total. The van der Waals surface area contributed by atoms with Gasteiger partial charge in [0.15, 0.2) is 0 Å². The maximum atomic E-state index is 4.56. The van der Waals surface area contributed by atoms with Crippen LogP contribution in [0.25, 0.3) is 0 Å². The lowest BCUT2D eigenvalue weighted by Crippen LogP contribution is -2.14. The number of rotatable bonds is 10. The molecule has 116 valence electrons. The quantitative estimate of drug-likeness (QED) is 0.342. The van der Waals surface area contributed by atoms with E-state index in [1.54, 1.807) is 0 Å². The van der Waals surface area contributed by atoms with Gasteiger partial charge in [-0.2, -0.15) is 0 Å². The molecule has 0 aromatic carbocycles. The van der Waals surface area contributed by atoms with E-state index in [4.69, 9.17) is 0 Å². The highest BCUT2D eigenvalue weighted by molar-refractivity contribution is 6.13. The molecule has 2 nitrogen and oxygen atoms in total. The van der Waals surface area contributed by atoms with E-state index in [0.29, 0.717) is 0 Å². The lowest BCUT2D eigenvalue weighted by molar-refractivity contribution is 0.681. The Labute approximate surface area is 130 Å². The molecular formula is C19H30N2. The summed E-state index contributed by atoms with van der Waals surface area (Å²) in [4.78, 5) is 4.56. The zero-order valence-corrected chi connectivity index (χ0v) is 14.0. The third kappa shape index (κ3) is 9.80. The minimum Gasteiger partial charge on any atom is -0.313 e. The van der Waals surface area contributed by atoms with Crippen molar-refractivity contribution in [2.75, 3.05) is 13.1 Å². The molecule has 0 atom stereocenters. The van der Waals surface area contributed by atoms with Gasteiger partial charge in [-0.1, -0.05) is 56.4 Å². The normalized spacial score (nSPS) is 13.9. The van der Waals surface area contributed by atoms with Crippen molar-refractivity contribution in [1.82, 2.24) is 5.32 Å². The molecule has 0 radical (unpaired) electrons. The van der Waals surface area contributed by atoms with Gasteiger partial charge in [-0.15, -0.1) is 0 Å². The second kappa shape index (κ2) is 13.3. The van der Waals surface area contributed by atoms with Crippen molar-refractivity contribution in [3.63, 3.8) is 0 Å². The molecule has 0 aliphatic heterocycles. The first kappa shape index (κ1) is 19.3. The second-order valence-corrected chi connectivity index (χ2v) is 4.85. The van der Waals surface area contributed by atoms with Crippen LogP contribution >= 0.6 is 0 Å². The number of allylic oxidation sites excluding steroid dienone is 7. The summed E-state index contributed by atoms with van der Waals surface area (Å²) in [5.74, 6) is 0. The molecule has 0 unspecified atom stereocenters. The lowest BCUT2D eigenvalue weighted by Gasteiger charge is -2.05. The first-order valence-electron chi connectivity index (χ1n) is 7.72. The van der Waals surface area contributed by atoms with E-state index in [-0.39, 0.29) is 0 Å². The van der Waals surface area contributed by atoms with E-state index in [2.05, 4.69) is 36.0 Å². The number of aliphatic imine (C=N–C) groups is 1. The van der Waals surface area contributed by atoms with Crippen LogP contribution in [0, 0.1) is 0 Å². The predicted molar refractivity (Wildman–Crippen MR) is 96.9 cm³/mol. The zero-order valence-electron chi connectivity index (χ0n) is 14.0. The summed E-state index contributed by atoms with van der Waals surface area (Å²) >= 11 is 0. The molecule has 0 aliphatic carbocycles. The fourth-order valence-corrected chi connectivity index (χ4v) is 1.69. The summed E-state index contributed by atoms with van der Waals surface area (Å²) in [7, 11) is 0. The smallest absolute Gasteiger partial charge is 0.0724 e. The number of hydrogen-bond donors (Lipinski definition) is 1. The summed E-state index contributed by atoms with van der Waals surface area (Å²) in [6.07, 6.45) is 16.5. The fraction of sp³-hybridized carbons (Fsp3) is 0.421. The number of unbranched alkanes of at least 4 members (excludes halogenated alkanes) is 1. The summed E-state index contributed by atoms with van der Waals surface area (Å²) in [5, 5.41) is 3.36. The van der Waals surface area contributed by atoms with Gasteiger partial charge in [0.2, 0.25) is 0 Å². The summed E-state index contributed by atoms with van der Waals surface area (Å²) in [5.41, 5.74) is 2.97. The monoisotopic (exact) mass is 286 g/mol. The maximum absolute atomic E-state index is 4.56. The highest BCUT2D eigenvalue weighted by Crippen LogP contribution is 2.09. The molecule has 0 heterocycles. The van der Waals surface area contributed by atoms with Gasteiger partial charge in [0.05, 0.1) is 5.71 Å². The van der Waals surface area contributed by atoms with Gasteiger partial charge in [0.25, 0.3) is 0 Å². The average molecular weight is 286 g/mol. The first-order valence-corrected chi connectivity index (χ1v) is 7.72. The molecule has 21 heavy (non-hydrogen) atoms. The minimum atomic E-state index is 0.852. The Hall–Kier alpha value is -1.67. The maximum Gasteiger partial charge on any atom is 0.0724 e. The van der Waals surface area contributed by atoms with Crippen LogP contribution in [0.1, 0.15) is 40.5 Å². The van der Waals surface area contributed by atoms with E-state index >= 15 is 0 Å². The molecular weight excluding hydrogens is 256 g/mol. The van der Waals surface area contributed by atoms with Gasteiger partial charge in [-0.3, -0.25) is 4.99 Å². The molecule has 2 heteroatoms. The first-order chi connectivity index (χ1) is 10.2. The fourth-order valence-electron chi connectivity index (χ4n) is 1.69. The lowest BCUT2D eigenvalue weighted by atomic mass is 10.0. The van der Waals surface area contributed by atoms with Crippen molar-refractivity contribution < 1.29 is 0 Å². The Bertz CT molecular complexity index is 434. The van der Waals surface area contributed by atoms with E-state index in [1.165, 1.54) is 12.8 Å². The van der Waals surface area contributed by atoms with Gasteiger partial charge in [-0.25, -0.2) is 0 Å². The van der Waals surface area contributed by atoms with Crippen LogP contribution in [0.4, 0.5) is 0 Å². The van der Waals surface area contributed by atoms with Crippen LogP contribution in [0.15, 0.2) is 65.4 Å². The van der Waals surface area contributed by atoms with Crippen LogP contribution < -0.4 is 5.32 Å². The third-order valence-corrected chi connectivity index (χ3v) is 2.77. The number of nitrogens with zero attached hydrogens (tertiary/aromatic N) is 1. The molecule has 0 saturated carbocycles. The zero-order chi connectivity index (χ0) is 15.9. The topological polar surface area (TPSA) is 24.4 Å². The molecule has 0 bridgehead atoms. The standard InChI is InChI=1S/C19H30N2/c1-6-9-13-18(12-8-3)19(17(4)5)21-16-11-15-20-14-10-7-2/h6,8-9,11-13,16,20H,4,7,10,14-15H2,1-3,5H3/b9-6-,12-8-,16-11-,18-13+,21-19+. The van der Waals surface area contributed by atoms with Crippen LogP contribution in [0.2, 0.25) is 0 Å². The molecule has 0 aliphatic rings. The van der Waals surface area contributed by atoms with Crippen LogP contribution in [0.5, 0.6) is 0 Å². The van der Waals surface area contributed by atoms with Crippen LogP contribution in [0.3, 0.4) is 0 Å². The van der Waals surface area contributed by atoms with Gasteiger partial charge in [0, 0.05) is 18.3 Å². The Morgan fingerprint density at radius 1 is 1.24 bits per heavy atom. The highest BCUT2D eigenvalue weighted by Gasteiger charge is 2.03. The number of nitrogens with one attached hydrogen (secondary N) is 1. The molecule has 0 aromatic heterocycles. The Balaban J connectivity index is 4.82. The van der Waals surface area contributed by atoms with Crippen molar-refractivity contribution in [3.05, 3.63) is 60.4 Å². The average Bonchev–Trinajstić information content (AvgIpc) is 2.46. The molecule has 0 spiro atoms. The second-order valence-electron chi connectivity index (χ2n) is 4.85. The molecule has 0 fully saturated rings. The Morgan fingerprint density at radius 2 is 2.00 bits per heavy atom. The molecule has 0 amide bonds. The number of hydrogen-bond acceptors (Lipinski definition) is 2. The van der Waals surface area contributed by atoms with Crippen molar-refractivity contribution in [3.8, 4) is 0 Å². The van der Waals surface area contributed by atoms with Crippen molar-refractivity contribution in [2.24, 2.45) is 4.99 Å². The van der Waals surface area contributed by atoms with Gasteiger partial charge >= 0.3 is 0 Å². The van der Waals surface area contributed by atoms with Gasteiger partial charge < -0.3 is 5.32 Å². The van der Waals surface area contributed by atoms with Crippen LogP contribution in [-0.4, -0.2) is 18.8 Å². The summed E-state index contributed by atoms with van der Waals surface area (Å²) in [6, 6.07) is 0. The largest absolute Gasteiger partial charge is 0.313 e. The minimum absolute atomic E-state index is 0.852. The summed E-state index contributed by atoms with van der Waals surface area (Å²) in [6.45, 7) is 14.1. The molecule has 0 saturated heterocycles. The molecule has 0 aromatic rings. The highest BCUT2D eigenvalue weighted by atomic mass is 14.8. The van der Waals surface area contributed by atoms with Crippen molar-refractivity contribution in [2.45, 2.75) is 40.5 Å². The van der Waals surface area contributed by atoms with Crippen LogP contribution in [-0.2, 0) is 0 Å². The van der Waals surface area contributed by atoms with E-state index in [1.807, 2.05) is 51.3 Å². The van der Waals surface area contributed by atoms with Crippen molar-refractivity contribution in [1.29, 1.82) is 0 Å². The Kier molecular flexibility index (Phi) is 12.3. The summed E-state index contributed by atoms with van der Waals surface area (Å²) < 4.78 is 0. The Morgan fingerprint density at radius 3 is 2.57 bits per heavy atom. The van der Waals surface area contributed by atoms with Crippen molar-refractivity contribution >= 4 is 5.71 Å². The molecule has 0 rings (SSSR count). The van der Waals surface area contributed by atoms with Gasteiger partial charge in [0.1, 0.15) is 0 Å². The van der Waals surface area contributed by atoms with Gasteiger partial charge in [-0.05, 0) is 39.3 Å². The van der Waals surface area contributed by atoms with E-state index < -0.39 is 0 Å². The third-order valence-electron chi connectivity index (χ3n) is 2.77.